The highest BCUT2D eigenvalue weighted by Crippen LogP contribution is 2.09. The van der Waals surface area contributed by atoms with Crippen LogP contribution < -0.4 is 0 Å². The Morgan fingerprint density at radius 1 is 0.960 bits per heavy atom. The van der Waals surface area contributed by atoms with Crippen LogP contribution in [0.5, 0.6) is 0 Å². The molecule has 0 saturated heterocycles. The number of hydrogen-bond acceptors (Lipinski definition) is 4. The van der Waals surface area contributed by atoms with Crippen molar-refractivity contribution in [2.24, 2.45) is 0 Å². The predicted molar refractivity (Wildman–Crippen MR) is 97.3 cm³/mol. The van der Waals surface area contributed by atoms with Crippen LogP contribution in [-0.2, 0) is 19.1 Å². The average molecular weight is 354 g/mol. The monoisotopic (exact) mass is 354 g/mol. The van der Waals surface area contributed by atoms with Gasteiger partial charge in [0.05, 0.1) is 7.11 Å². The minimum atomic E-state index is -1.00. The molecule has 0 rings (SSSR count). The molecule has 0 aliphatic rings. The zero-order valence-corrected chi connectivity index (χ0v) is 15.5. The maximum Gasteiger partial charge on any atom is 0.333 e. The van der Waals surface area contributed by atoms with E-state index in [1.54, 1.807) is 0 Å². The number of allylic oxidation sites excluding steroid dienone is 1. The Hall–Kier alpha value is -2.37. The van der Waals surface area contributed by atoms with Crippen molar-refractivity contribution in [2.45, 2.75) is 58.8 Å². The van der Waals surface area contributed by atoms with E-state index in [4.69, 9.17) is 10.2 Å². The van der Waals surface area contributed by atoms with Gasteiger partial charge in [-0.05, 0) is 26.2 Å². The summed E-state index contributed by atoms with van der Waals surface area (Å²) in [6.45, 7) is 10.5. The van der Waals surface area contributed by atoms with Crippen molar-refractivity contribution < 1.29 is 29.3 Å². The van der Waals surface area contributed by atoms with E-state index in [0.29, 0.717) is 12.0 Å². The Kier molecular flexibility index (Phi) is 15.1. The van der Waals surface area contributed by atoms with Crippen molar-refractivity contribution in [2.75, 3.05) is 7.11 Å². The zero-order chi connectivity index (χ0) is 19.8. The van der Waals surface area contributed by atoms with Gasteiger partial charge in [-0.3, -0.25) is 0 Å². The van der Waals surface area contributed by atoms with Gasteiger partial charge >= 0.3 is 17.9 Å². The van der Waals surface area contributed by atoms with Crippen LogP contribution in [0, 0.1) is 0 Å². The van der Waals surface area contributed by atoms with Crippen LogP contribution in [-0.4, -0.2) is 35.2 Å². The molecule has 0 aromatic heterocycles. The highest BCUT2D eigenvalue weighted by atomic mass is 16.5. The summed E-state index contributed by atoms with van der Waals surface area (Å²) in [6, 6.07) is 0. The van der Waals surface area contributed by atoms with E-state index < -0.39 is 17.9 Å². The van der Waals surface area contributed by atoms with Gasteiger partial charge in [-0.15, -0.1) is 0 Å². The Bertz CT molecular complexity index is 502. The second-order valence-electron chi connectivity index (χ2n) is 5.56. The Morgan fingerprint density at radius 3 is 1.96 bits per heavy atom. The highest BCUT2D eigenvalue weighted by molar-refractivity contribution is 5.89. The lowest BCUT2D eigenvalue weighted by atomic mass is 10.1. The first-order valence-electron chi connectivity index (χ1n) is 8.24. The number of rotatable bonds is 11. The molecule has 0 heterocycles. The van der Waals surface area contributed by atoms with Crippen LogP contribution in [0.15, 0.2) is 36.0 Å². The molecule has 0 aromatic carbocycles. The number of hydrogen-bond donors (Lipinski definition) is 2. The third kappa shape index (κ3) is 14.9. The van der Waals surface area contributed by atoms with E-state index in [2.05, 4.69) is 24.8 Å². The fourth-order valence-electron chi connectivity index (χ4n) is 1.64. The number of carboxylic acids is 2. The normalized spacial score (nSPS) is 10.3. The molecule has 0 amide bonds. The topological polar surface area (TPSA) is 101 Å². The van der Waals surface area contributed by atoms with Crippen molar-refractivity contribution in [3.63, 3.8) is 0 Å². The lowest BCUT2D eigenvalue weighted by Crippen LogP contribution is -2.03. The lowest BCUT2D eigenvalue weighted by molar-refractivity contribution is -0.136. The van der Waals surface area contributed by atoms with Crippen LogP contribution in [0.4, 0.5) is 0 Å². The first-order valence-corrected chi connectivity index (χ1v) is 8.24. The highest BCUT2D eigenvalue weighted by Gasteiger charge is 2.06. The molecule has 0 atom stereocenters. The third-order valence-electron chi connectivity index (χ3n) is 3.35. The molecule has 6 nitrogen and oxygen atoms in total. The third-order valence-corrected chi connectivity index (χ3v) is 3.35. The van der Waals surface area contributed by atoms with E-state index in [9.17, 15) is 14.4 Å². The summed E-state index contributed by atoms with van der Waals surface area (Å²) >= 11 is 0. The zero-order valence-electron chi connectivity index (χ0n) is 15.5. The van der Waals surface area contributed by atoms with E-state index in [-0.39, 0.29) is 17.6 Å². The molecule has 142 valence electrons. The number of ether oxygens (including phenoxy) is 1. The van der Waals surface area contributed by atoms with Crippen LogP contribution in [0.3, 0.4) is 0 Å². The molecule has 2 N–H and O–H groups in total. The molecule has 0 saturated carbocycles. The molecule has 0 unspecified atom stereocenters. The summed E-state index contributed by atoms with van der Waals surface area (Å²) in [4.78, 5) is 31.5. The molecular weight excluding hydrogens is 324 g/mol. The average Bonchev–Trinajstić information content (AvgIpc) is 2.58. The fourth-order valence-corrected chi connectivity index (χ4v) is 1.64. The second-order valence-corrected chi connectivity index (χ2v) is 5.56. The van der Waals surface area contributed by atoms with Crippen molar-refractivity contribution >= 4 is 17.9 Å². The summed E-state index contributed by atoms with van der Waals surface area (Å²) in [7, 11) is 1.25. The van der Waals surface area contributed by atoms with E-state index >= 15 is 0 Å². The van der Waals surface area contributed by atoms with Gasteiger partial charge < -0.3 is 14.9 Å². The number of unbranched alkanes of at least 4 members (excludes halogenated alkanes) is 4. The standard InChI is InChI=1S/C10H18O2.C9H12O4/c1-3-4-5-6-7-8-9(2)10(11)12;1-6(8(10)11)4-5-7(2)9(12)13-3/h2-8H2,1H3,(H,11,12);4H,2,5H2,1,3H3,(H,10,11). The molecule has 0 aromatic rings. The van der Waals surface area contributed by atoms with Crippen molar-refractivity contribution in [1.29, 1.82) is 0 Å². The van der Waals surface area contributed by atoms with Crippen LogP contribution in [0.1, 0.15) is 58.8 Å². The summed E-state index contributed by atoms with van der Waals surface area (Å²) in [6.07, 6.45) is 8.03. The van der Waals surface area contributed by atoms with E-state index in [1.807, 2.05) is 0 Å². The first kappa shape index (κ1) is 24.9. The first-order chi connectivity index (χ1) is 11.7. The van der Waals surface area contributed by atoms with Crippen molar-refractivity contribution in [3.8, 4) is 0 Å². The molecule has 25 heavy (non-hydrogen) atoms. The molecule has 6 heteroatoms. The maximum absolute atomic E-state index is 10.8. The number of methoxy groups -OCH3 is 1. The van der Waals surface area contributed by atoms with Gasteiger partial charge in [-0.25, -0.2) is 14.4 Å². The Morgan fingerprint density at radius 2 is 1.52 bits per heavy atom. The van der Waals surface area contributed by atoms with Gasteiger partial charge in [-0.1, -0.05) is 51.8 Å². The summed E-state index contributed by atoms with van der Waals surface area (Å²) in [5.74, 6) is -2.38. The van der Waals surface area contributed by atoms with Gasteiger partial charge in [0.25, 0.3) is 0 Å². The lowest BCUT2D eigenvalue weighted by Gasteiger charge is -1.99. The number of aliphatic carboxylic acids is 2. The fraction of sp³-hybridized carbons (Fsp3) is 0.526. The largest absolute Gasteiger partial charge is 0.478 e. The predicted octanol–water partition coefficient (Wildman–Crippen LogP) is 4.12. The quantitative estimate of drug-likeness (QED) is 0.329. The van der Waals surface area contributed by atoms with Gasteiger partial charge in [0.15, 0.2) is 0 Å². The molecule has 0 aliphatic carbocycles. The van der Waals surface area contributed by atoms with Gasteiger partial charge in [0.2, 0.25) is 0 Å². The maximum atomic E-state index is 10.8. The van der Waals surface area contributed by atoms with Crippen LogP contribution in [0.2, 0.25) is 0 Å². The van der Waals surface area contributed by atoms with Crippen molar-refractivity contribution in [3.05, 3.63) is 36.0 Å². The van der Waals surface area contributed by atoms with Crippen LogP contribution >= 0.6 is 0 Å². The van der Waals surface area contributed by atoms with Gasteiger partial charge in [0, 0.05) is 16.7 Å². The van der Waals surface area contributed by atoms with Gasteiger partial charge in [-0.2, -0.15) is 0 Å². The summed E-state index contributed by atoms with van der Waals surface area (Å²) < 4.78 is 4.39. The molecule has 0 bridgehead atoms. The second kappa shape index (κ2) is 15.2. The Labute approximate surface area is 149 Å². The molecule has 0 spiro atoms. The smallest absolute Gasteiger partial charge is 0.333 e. The molecular formula is C19H30O6. The van der Waals surface area contributed by atoms with Gasteiger partial charge in [0.1, 0.15) is 0 Å². The minimum Gasteiger partial charge on any atom is -0.478 e. The molecule has 0 fully saturated rings. The summed E-state index contributed by atoms with van der Waals surface area (Å²) in [5, 5.41) is 17.0. The van der Waals surface area contributed by atoms with E-state index in [1.165, 1.54) is 39.4 Å². The molecule has 0 radical (unpaired) electrons. The number of carboxylic acid groups (broad SMARTS) is 2. The van der Waals surface area contributed by atoms with Crippen molar-refractivity contribution in [1.82, 2.24) is 0 Å². The Balaban J connectivity index is 0. The molecule has 0 aliphatic heterocycles. The summed E-state index contributed by atoms with van der Waals surface area (Å²) in [5.41, 5.74) is 0.764. The number of carbonyl (C=O) groups is 3. The van der Waals surface area contributed by atoms with Crippen LogP contribution in [0.25, 0.3) is 0 Å². The number of carbonyl (C=O) groups excluding carboxylic acids is 1. The number of esters is 1. The minimum absolute atomic E-state index is 0.185. The van der Waals surface area contributed by atoms with E-state index in [0.717, 1.165) is 12.8 Å². The SMILES string of the molecule is C=C(CC=C(C)C(=O)O)C(=O)OC.C=C(CCCCCCC)C(=O)O.